The number of hydrogen-bond donors (Lipinski definition) is 0. The largest absolute Gasteiger partial charge is 0.494 e. The average molecular weight is 410 g/mol. The number of benzene rings is 2. The van der Waals surface area contributed by atoms with E-state index >= 15 is 0 Å². The molecule has 0 aliphatic rings. The van der Waals surface area contributed by atoms with Crippen molar-refractivity contribution in [1.82, 2.24) is 14.6 Å². The quantitative estimate of drug-likeness (QED) is 0.453. The van der Waals surface area contributed by atoms with Gasteiger partial charge < -0.3 is 4.74 Å². The van der Waals surface area contributed by atoms with Gasteiger partial charge in [0.1, 0.15) is 5.75 Å². The van der Waals surface area contributed by atoms with Crippen LogP contribution in [0.1, 0.15) is 18.9 Å². The second kappa shape index (κ2) is 8.16. The molecule has 0 aliphatic heterocycles. The number of aromatic nitrogens is 3. The molecule has 7 heteroatoms. The Morgan fingerprint density at radius 1 is 1.14 bits per heavy atom. The van der Waals surface area contributed by atoms with Crippen LogP contribution in [0.3, 0.4) is 0 Å². The summed E-state index contributed by atoms with van der Waals surface area (Å²) >= 11 is 3.04. The molecule has 0 saturated carbocycles. The van der Waals surface area contributed by atoms with Gasteiger partial charge in [0.15, 0.2) is 5.82 Å². The first kappa shape index (κ1) is 18.7. The SMILES string of the molecule is CCCOc1ccc(-c2nc3s/c(=C/c4ccc(SC)cc4)c(=O)n3n2)cc1. The number of ether oxygens (including phenoxy) is 1. The summed E-state index contributed by atoms with van der Waals surface area (Å²) in [6.45, 7) is 2.76. The van der Waals surface area contributed by atoms with E-state index in [1.54, 1.807) is 11.8 Å². The minimum absolute atomic E-state index is 0.143. The smallest absolute Gasteiger partial charge is 0.291 e. The molecule has 0 radical (unpaired) electrons. The Balaban J connectivity index is 1.64. The van der Waals surface area contributed by atoms with Crippen LogP contribution < -0.4 is 14.8 Å². The maximum atomic E-state index is 12.7. The minimum atomic E-state index is -0.143. The molecule has 0 amide bonds. The van der Waals surface area contributed by atoms with Crippen LogP contribution in [0.15, 0.2) is 58.2 Å². The van der Waals surface area contributed by atoms with E-state index in [4.69, 9.17) is 4.74 Å². The second-order valence-electron chi connectivity index (χ2n) is 6.19. The van der Waals surface area contributed by atoms with E-state index in [1.807, 2.05) is 60.9 Å². The number of rotatable bonds is 6. The predicted molar refractivity (Wildman–Crippen MR) is 115 cm³/mol. The van der Waals surface area contributed by atoms with Crippen molar-refractivity contribution in [3.8, 4) is 17.1 Å². The van der Waals surface area contributed by atoms with Crippen molar-refractivity contribution < 1.29 is 4.74 Å². The number of hydrogen-bond acceptors (Lipinski definition) is 6. The minimum Gasteiger partial charge on any atom is -0.494 e. The zero-order valence-corrected chi connectivity index (χ0v) is 17.2. The molecule has 2 aromatic carbocycles. The number of nitrogens with zero attached hydrogens (tertiary/aromatic N) is 3. The van der Waals surface area contributed by atoms with Gasteiger partial charge in [-0.2, -0.15) is 9.50 Å². The molecule has 4 rings (SSSR count). The van der Waals surface area contributed by atoms with E-state index in [-0.39, 0.29) is 5.56 Å². The third kappa shape index (κ3) is 3.81. The Labute approximate surface area is 170 Å². The first-order chi connectivity index (χ1) is 13.7. The fraction of sp³-hybridized carbons (Fsp3) is 0.190. The molecular weight excluding hydrogens is 390 g/mol. The van der Waals surface area contributed by atoms with Gasteiger partial charge in [-0.25, -0.2) is 0 Å². The highest BCUT2D eigenvalue weighted by atomic mass is 32.2. The van der Waals surface area contributed by atoms with Crippen LogP contribution in [0.25, 0.3) is 22.4 Å². The van der Waals surface area contributed by atoms with E-state index in [0.717, 1.165) is 23.3 Å². The lowest BCUT2D eigenvalue weighted by molar-refractivity contribution is 0.317. The van der Waals surface area contributed by atoms with E-state index < -0.39 is 0 Å². The van der Waals surface area contributed by atoms with E-state index in [2.05, 4.69) is 17.0 Å². The topological polar surface area (TPSA) is 56.5 Å². The molecule has 0 saturated heterocycles. The second-order valence-corrected chi connectivity index (χ2v) is 8.08. The van der Waals surface area contributed by atoms with Gasteiger partial charge in [-0.1, -0.05) is 30.4 Å². The summed E-state index contributed by atoms with van der Waals surface area (Å²) in [5, 5.41) is 4.40. The van der Waals surface area contributed by atoms with Crippen molar-refractivity contribution >= 4 is 34.1 Å². The van der Waals surface area contributed by atoms with Crippen molar-refractivity contribution in [3.63, 3.8) is 0 Å². The van der Waals surface area contributed by atoms with Crippen molar-refractivity contribution in [2.24, 2.45) is 0 Å². The standard InChI is InChI=1S/C21H19N3O2S2/c1-3-12-26-16-8-6-15(7-9-16)19-22-21-24(23-19)20(25)18(28-21)13-14-4-10-17(27-2)11-5-14/h4-11,13H,3,12H2,1-2H3/b18-13+. The summed E-state index contributed by atoms with van der Waals surface area (Å²) < 4.78 is 7.60. The van der Waals surface area contributed by atoms with Gasteiger partial charge in [-0.3, -0.25) is 4.79 Å². The molecule has 142 valence electrons. The highest BCUT2D eigenvalue weighted by Gasteiger charge is 2.12. The molecule has 2 heterocycles. The van der Waals surface area contributed by atoms with Crippen LogP contribution in [-0.4, -0.2) is 27.5 Å². The molecule has 0 N–H and O–H groups in total. The summed E-state index contributed by atoms with van der Waals surface area (Å²) in [4.78, 5) is 19.0. The normalized spacial score (nSPS) is 12.0. The van der Waals surface area contributed by atoms with Gasteiger partial charge in [0, 0.05) is 10.5 Å². The summed E-state index contributed by atoms with van der Waals surface area (Å²) in [5.74, 6) is 1.36. The van der Waals surface area contributed by atoms with Crippen molar-refractivity contribution in [2.45, 2.75) is 18.2 Å². The van der Waals surface area contributed by atoms with E-state index in [0.29, 0.717) is 21.9 Å². The van der Waals surface area contributed by atoms with Crippen LogP contribution in [-0.2, 0) is 0 Å². The number of thiazole rings is 1. The van der Waals surface area contributed by atoms with Crippen LogP contribution in [0.4, 0.5) is 0 Å². The Hall–Kier alpha value is -2.64. The summed E-state index contributed by atoms with van der Waals surface area (Å²) in [5.41, 5.74) is 1.70. The van der Waals surface area contributed by atoms with Gasteiger partial charge in [-0.05, 0) is 60.7 Å². The molecule has 2 aromatic heterocycles. The Kier molecular flexibility index (Phi) is 5.45. The van der Waals surface area contributed by atoms with Gasteiger partial charge in [-0.15, -0.1) is 16.9 Å². The van der Waals surface area contributed by atoms with Crippen molar-refractivity contribution in [2.75, 3.05) is 12.9 Å². The lowest BCUT2D eigenvalue weighted by Crippen LogP contribution is -2.23. The third-order valence-corrected chi connectivity index (χ3v) is 5.88. The number of thioether (sulfide) groups is 1. The highest BCUT2D eigenvalue weighted by Crippen LogP contribution is 2.20. The molecule has 0 aliphatic carbocycles. The summed E-state index contributed by atoms with van der Waals surface area (Å²) in [7, 11) is 0. The Bertz CT molecular complexity index is 1200. The van der Waals surface area contributed by atoms with Crippen molar-refractivity contribution in [3.05, 3.63) is 69.0 Å². The van der Waals surface area contributed by atoms with Gasteiger partial charge >= 0.3 is 0 Å². The summed E-state index contributed by atoms with van der Waals surface area (Å²) in [6.07, 6.45) is 4.89. The van der Waals surface area contributed by atoms with Crippen LogP contribution in [0.5, 0.6) is 5.75 Å². The summed E-state index contributed by atoms with van der Waals surface area (Å²) in [6, 6.07) is 15.7. The fourth-order valence-electron chi connectivity index (χ4n) is 2.73. The predicted octanol–water partition coefficient (Wildman–Crippen LogP) is 3.88. The molecular formula is C21H19N3O2S2. The average Bonchev–Trinajstić information content (AvgIpc) is 3.27. The third-order valence-electron chi connectivity index (χ3n) is 4.18. The van der Waals surface area contributed by atoms with Crippen LogP contribution in [0.2, 0.25) is 0 Å². The lowest BCUT2D eigenvalue weighted by Gasteiger charge is -2.04. The zero-order chi connectivity index (χ0) is 19.5. The Morgan fingerprint density at radius 3 is 2.54 bits per heavy atom. The van der Waals surface area contributed by atoms with Crippen LogP contribution >= 0.6 is 23.1 Å². The van der Waals surface area contributed by atoms with E-state index in [9.17, 15) is 4.79 Å². The molecule has 5 nitrogen and oxygen atoms in total. The molecule has 0 unspecified atom stereocenters. The van der Waals surface area contributed by atoms with Gasteiger partial charge in [0.05, 0.1) is 11.1 Å². The lowest BCUT2D eigenvalue weighted by atomic mass is 10.2. The molecule has 0 bridgehead atoms. The first-order valence-electron chi connectivity index (χ1n) is 8.96. The molecule has 4 aromatic rings. The molecule has 0 spiro atoms. The van der Waals surface area contributed by atoms with Crippen LogP contribution in [0, 0.1) is 0 Å². The zero-order valence-electron chi connectivity index (χ0n) is 15.6. The molecule has 28 heavy (non-hydrogen) atoms. The van der Waals surface area contributed by atoms with Gasteiger partial charge in [0.25, 0.3) is 5.56 Å². The fourth-order valence-corrected chi connectivity index (χ4v) is 4.04. The maximum absolute atomic E-state index is 12.7. The van der Waals surface area contributed by atoms with E-state index in [1.165, 1.54) is 20.7 Å². The number of fused-ring (bicyclic) bond motifs is 1. The monoisotopic (exact) mass is 409 g/mol. The Morgan fingerprint density at radius 2 is 1.89 bits per heavy atom. The highest BCUT2D eigenvalue weighted by molar-refractivity contribution is 7.98. The first-order valence-corrected chi connectivity index (χ1v) is 11.0. The molecule has 0 atom stereocenters. The van der Waals surface area contributed by atoms with Crippen molar-refractivity contribution in [1.29, 1.82) is 0 Å². The molecule has 0 fully saturated rings. The maximum Gasteiger partial charge on any atom is 0.291 e. The van der Waals surface area contributed by atoms with Gasteiger partial charge in [0.2, 0.25) is 4.96 Å².